The Morgan fingerprint density at radius 3 is 2.75 bits per heavy atom. The number of hydrogen-bond donors (Lipinski definition) is 0. The molecule has 0 N–H and O–H groups in total. The Kier molecular flexibility index (Phi) is 4.09. The van der Waals surface area contributed by atoms with E-state index in [-0.39, 0.29) is 6.10 Å². The molecule has 1 aromatic carbocycles. The summed E-state index contributed by atoms with van der Waals surface area (Å²) in [6.45, 7) is 4.26. The van der Waals surface area contributed by atoms with Gasteiger partial charge in [0.25, 0.3) is 0 Å². The quantitative estimate of drug-likeness (QED) is 0.552. The number of morpholine rings is 1. The Bertz CT molecular complexity index is 1120. The lowest BCUT2D eigenvalue weighted by atomic mass is 10.1. The van der Waals surface area contributed by atoms with E-state index in [0.717, 1.165) is 46.9 Å². The molecule has 1 atom stereocenters. The molecule has 1 aliphatic rings. The number of anilines is 1. The van der Waals surface area contributed by atoms with Gasteiger partial charge in [-0.05, 0) is 6.92 Å². The van der Waals surface area contributed by atoms with Crippen molar-refractivity contribution in [2.75, 3.05) is 24.6 Å². The first kappa shape index (κ1) is 16.9. The van der Waals surface area contributed by atoms with E-state index in [2.05, 4.69) is 33.3 Å². The minimum absolute atomic E-state index is 0.00772. The van der Waals surface area contributed by atoms with E-state index in [4.69, 9.17) is 9.72 Å². The highest BCUT2D eigenvalue weighted by molar-refractivity contribution is 5.68. The van der Waals surface area contributed by atoms with Crippen LogP contribution in [0.4, 0.5) is 5.82 Å². The molecule has 0 spiro atoms. The standard InChI is InChI=1S/C21H22N6O/c1-15-11-23-27-18(16-6-4-3-5-7-16)10-20(24-21(15)27)26-8-9-28-19(14-26)17-12-22-25(2)13-17/h3-7,10-13,19H,8-9,14H2,1-2H3. The molecule has 5 rings (SSSR count). The summed E-state index contributed by atoms with van der Waals surface area (Å²) in [5, 5.41) is 8.83. The first-order valence-corrected chi connectivity index (χ1v) is 9.45. The van der Waals surface area contributed by atoms with Crippen LogP contribution in [0.2, 0.25) is 0 Å². The van der Waals surface area contributed by atoms with Crippen LogP contribution in [0.3, 0.4) is 0 Å². The molecular formula is C21H22N6O. The van der Waals surface area contributed by atoms with Crippen molar-refractivity contribution in [3.63, 3.8) is 0 Å². The minimum Gasteiger partial charge on any atom is -0.370 e. The molecule has 7 nitrogen and oxygen atoms in total. The zero-order valence-corrected chi connectivity index (χ0v) is 16.0. The number of hydrogen-bond acceptors (Lipinski definition) is 5. The second kappa shape index (κ2) is 6.76. The largest absolute Gasteiger partial charge is 0.370 e. The van der Waals surface area contributed by atoms with E-state index in [9.17, 15) is 0 Å². The normalized spacial score (nSPS) is 17.4. The third-order valence-corrected chi connectivity index (χ3v) is 5.19. The Morgan fingerprint density at radius 1 is 1.11 bits per heavy atom. The number of rotatable bonds is 3. The molecule has 1 unspecified atom stereocenters. The van der Waals surface area contributed by atoms with Gasteiger partial charge in [0.15, 0.2) is 5.65 Å². The Labute approximate surface area is 163 Å². The van der Waals surface area contributed by atoms with Gasteiger partial charge in [0.05, 0.1) is 24.7 Å². The Hall–Kier alpha value is -3.19. The summed E-state index contributed by atoms with van der Waals surface area (Å²) in [6.07, 6.45) is 5.76. The average Bonchev–Trinajstić information content (AvgIpc) is 3.34. The molecule has 1 aliphatic heterocycles. The van der Waals surface area contributed by atoms with Gasteiger partial charge in [0.2, 0.25) is 0 Å². The molecular weight excluding hydrogens is 352 g/mol. The summed E-state index contributed by atoms with van der Waals surface area (Å²) >= 11 is 0. The summed E-state index contributed by atoms with van der Waals surface area (Å²) in [4.78, 5) is 7.22. The smallest absolute Gasteiger partial charge is 0.160 e. The van der Waals surface area contributed by atoms with Crippen LogP contribution in [0.15, 0.2) is 55.0 Å². The van der Waals surface area contributed by atoms with E-state index in [0.29, 0.717) is 6.61 Å². The Balaban J connectivity index is 1.56. The summed E-state index contributed by atoms with van der Waals surface area (Å²) in [6, 6.07) is 12.5. The Morgan fingerprint density at radius 2 is 1.96 bits per heavy atom. The van der Waals surface area contributed by atoms with Gasteiger partial charge in [-0.1, -0.05) is 30.3 Å². The van der Waals surface area contributed by atoms with Gasteiger partial charge >= 0.3 is 0 Å². The molecule has 1 saturated heterocycles. The summed E-state index contributed by atoms with van der Waals surface area (Å²) < 4.78 is 9.73. The van der Waals surface area contributed by atoms with Gasteiger partial charge in [0, 0.05) is 49.1 Å². The fourth-order valence-corrected chi connectivity index (χ4v) is 3.70. The second-order valence-electron chi connectivity index (χ2n) is 7.18. The molecule has 3 aromatic heterocycles. The van der Waals surface area contributed by atoms with E-state index in [1.807, 2.05) is 60.0 Å². The number of aromatic nitrogens is 5. The molecule has 1 fully saturated rings. The van der Waals surface area contributed by atoms with Crippen molar-refractivity contribution < 1.29 is 4.74 Å². The van der Waals surface area contributed by atoms with Crippen LogP contribution in [0.5, 0.6) is 0 Å². The monoisotopic (exact) mass is 374 g/mol. The fraction of sp³-hybridized carbons (Fsp3) is 0.286. The number of ether oxygens (including phenoxy) is 1. The molecule has 28 heavy (non-hydrogen) atoms. The molecule has 0 saturated carbocycles. The molecule has 0 amide bonds. The molecule has 0 aliphatic carbocycles. The molecule has 7 heteroatoms. The number of nitrogens with zero attached hydrogens (tertiary/aromatic N) is 6. The van der Waals surface area contributed by atoms with E-state index < -0.39 is 0 Å². The predicted octanol–water partition coefficient (Wildman–Crippen LogP) is 3.02. The third kappa shape index (κ3) is 2.93. The van der Waals surface area contributed by atoms with Gasteiger partial charge in [0.1, 0.15) is 11.9 Å². The maximum absolute atomic E-state index is 6.00. The highest BCUT2D eigenvalue weighted by Gasteiger charge is 2.25. The molecule has 0 radical (unpaired) electrons. The van der Waals surface area contributed by atoms with Gasteiger partial charge in [-0.15, -0.1) is 0 Å². The first-order chi connectivity index (χ1) is 13.7. The number of aryl methyl sites for hydroxylation is 2. The van der Waals surface area contributed by atoms with Gasteiger partial charge < -0.3 is 9.64 Å². The molecule has 142 valence electrons. The van der Waals surface area contributed by atoms with Crippen LogP contribution in [0.1, 0.15) is 17.2 Å². The van der Waals surface area contributed by atoms with Crippen molar-refractivity contribution in [2.24, 2.45) is 7.05 Å². The van der Waals surface area contributed by atoms with Crippen LogP contribution >= 0.6 is 0 Å². The lowest BCUT2D eigenvalue weighted by molar-refractivity contribution is 0.0395. The molecule has 0 bridgehead atoms. The van der Waals surface area contributed by atoms with Crippen LogP contribution in [-0.4, -0.2) is 44.1 Å². The fourth-order valence-electron chi connectivity index (χ4n) is 3.70. The van der Waals surface area contributed by atoms with Crippen LogP contribution in [0.25, 0.3) is 16.9 Å². The van der Waals surface area contributed by atoms with Crippen LogP contribution in [0, 0.1) is 6.92 Å². The van der Waals surface area contributed by atoms with Gasteiger partial charge in [-0.2, -0.15) is 10.2 Å². The van der Waals surface area contributed by atoms with Crippen molar-refractivity contribution in [3.05, 3.63) is 66.1 Å². The minimum atomic E-state index is -0.00772. The molecule has 4 aromatic rings. The average molecular weight is 374 g/mol. The van der Waals surface area contributed by atoms with Crippen LogP contribution in [-0.2, 0) is 11.8 Å². The summed E-state index contributed by atoms with van der Waals surface area (Å²) in [5.74, 6) is 0.951. The predicted molar refractivity (Wildman–Crippen MR) is 107 cm³/mol. The third-order valence-electron chi connectivity index (χ3n) is 5.19. The maximum Gasteiger partial charge on any atom is 0.160 e. The van der Waals surface area contributed by atoms with Gasteiger partial charge in [-0.25, -0.2) is 9.50 Å². The number of benzene rings is 1. The number of fused-ring (bicyclic) bond motifs is 1. The van der Waals surface area contributed by atoms with Crippen molar-refractivity contribution in [2.45, 2.75) is 13.0 Å². The summed E-state index contributed by atoms with van der Waals surface area (Å²) in [5.41, 5.74) is 5.21. The van der Waals surface area contributed by atoms with E-state index in [1.165, 1.54) is 0 Å². The lowest BCUT2D eigenvalue weighted by Crippen LogP contribution is -2.38. The zero-order valence-electron chi connectivity index (χ0n) is 16.0. The topological polar surface area (TPSA) is 60.5 Å². The lowest BCUT2D eigenvalue weighted by Gasteiger charge is -2.33. The molecule has 4 heterocycles. The highest BCUT2D eigenvalue weighted by Crippen LogP contribution is 2.29. The van der Waals surface area contributed by atoms with Crippen molar-refractivity contribution in [1.29, 1.82) is 0 Å². The van der Waals surface area contributed by atoms with Crippen molar-refractivity contribution in [1.82, 2.24) is 24.4 Å². The van der Waals surface area contributed by atoms with Gasteiger partial charge in [-0.3, -0.25) is 4.68 Å². The van der Waals surface area contributed by atoms with E-state index >= 15 is 0 Å². The van der Waals surface area contributed by atoms with Crippen molar-refractivity contribution in [3.8, 4) is 11.3 Å². The second-order valence-corrected chi connectivity index (χ2v) is 7.18. The first-order valence-electron chi connectivity index (χ1n) is 9.45. The SMILES string of the molecule is Cc1cnn2c(-c3ccccc3)cc(N3CCOC(c4cnn(C)c4)C3)nc12. The van der Waals surface area contributed by atoms with Crippen molar-refractivity contribution >= 4 is 11.5 Å². The zero-order chi connectivity index (χ0) is 19.1. The van der Waals surface area contributed by atoms with E-state index in [1.54, 1.807) is 0 Å². The maximum atomic E-state index is 6.00. The highest BCUT2D eigenvalue weighted by atomic mass is 16.5. The van der Waals surface area contributed by atoms with Crippen LogP contribution < -0.4 is 4.90 Å². The summed E-state index contributed by atoms with van der Waals surface area (Å²) in [7, 11) is 1.92.